The molecule has 3 atom stereocenters. The highest BCUT2D eigenvalue weighted by Crippen LogP contribution is 1.96. The summed E-state index contributed by atoms with van der Waals surface area (Å²) in [4.78, 5) is 44.9. The second-order valence-corrected chi connectivity index (χ2v) is 4.55. The number of nitrogens with one attached hydrogen (secondary N) is 3. The van der Waals surface area contributed by atoms with Gasteiger partial charge in [-0.25, -0.2) is 0 Å². The predicted molar refractivity (Wildman–Crippen MR) is 74.0 cm³/mol. The Kier molecular flexibility index (Phi) is 8.30. The van der Waals surface area contributed by atoms with Crippen molar-refractivity contribution in [1.29, 1.82) is 0 Å². The van der Waals surface area contributed by atoms with Gasteiger partial charge in [0, 0.05) is 0 Å². The van der Waals surface area contributed by atoms with Crippen LogP contribution in [0.1, 0.15) is 27.2 Å². The van der Waals surface area contributed by atoms with Crippen molar-refractivity contribution in [2.24, 2.45) is 5.18 Å². The maximum atomic E-state index is 11.9. The summed E-state index contributed by atoms with van der Waals surface area (Å²) in [5.41, 5.74) is 0. The first-order valence-corrected chi connectivity index (χ1v) is 6.41. The number of amides is 2. The van der Waals surface area contributed by atoms with E-state index in [0.717, 1.165) is 0 Å². The van der Waals surface area contributed by atoms with Crippen LogP contribution < -0.4 is 16.0 Å². The Morgan fingerprint density at radius 3 is 2.05 bits per heavy atom. The maximum absolute atomic E-state index is 11.9. The van der Waals surface area contributed by atoms with Crippen LogP contribution in [0.5, 0.6) is 0 Å². The molecule has 0 aromatic carbocycles. The van der Waals surface area contributed by atoms with Crippen LogP contribution in [0.2, 0.25) is 0 Å². The molecule has 0 heterocycles. The lowest BCUT2D eigenvalue weighted by molar-refractivity contribution is -0.131. The Hall–Kier alpha value is -1.83. The zero-order valence-electron chi connectivity index (χ0n) is 12.2. The number of carbonyl (C=O) groups is 3. The molecule has 114 valence electrons. The van der Waals surface area contributed by atoms with Crippen LogP contribution in [0.25, 0.3) is 0 Å². The standard InChI is InChI=1S/C12H22N4O4/c1-7(13-4)11(18)15-8(2)12(19)16-10(9(3)17)5-6-14-20/h7-8,10,13H,5-6H2,1-4H3,(H,15,18)(H,16,19)/t7-,8-,10-/m0/s1. The number of carbonyl (C=O) groups excluding carboxylic acids is 3. The molecule has 8 nitrogen and oxygen atoms in total. The van der Waals surface area contributed by atoms with E-state index in [4.69, 9.17) is 0 Å². The van der Waals surface area contributed by atoms with E-state index in [2.05, 4.69) is 21.1 Å². The normalized spacial score (nSPS) is 14.8. The van der Waals surface area contributed by atoms with Gasteiger partial charge in [0.25, 0.3) is 0 Å². The molecule has 0 bridgehead atoms. The Morgan fingerprint density at radius 1 is 1.05 bits per heavy atom. The number of hydrogen-bond acceptors (Lipinski definition) is 6. The first-order chi connectivity index (χ1) is 9.33. The smallest absolute Gasteiger partial charge is 0.242 e. The van der Waals surface area contributed by atoms with E-state index in [9.17, 15) is 19.3 Å². The maximum Gasteiger partial charge on any atom is 0.242 e. The minimum atomic E-state index is -0.774. The van der Waals surface area contributed by atoms with Crippen molar-refractivity contribution in [3.05, 3.63) is 4.91 Å². The van der Waals surface area contributed by atoms with Gasteiger partial charge in [-0.3, -0.25) is 14.4 Å². The van der Waals surface area contributed by atoms with E-state index in [1.54, 1.807) is 14.0 Å². The lowest BCUT2D eigenvalue weighted by atomic mass is 10.1. The highest BCUT2D eigenvalue weighted by Gasteiger charge is 2.23. The van der Waals surface area contributed by atoms with Crippen LogP contribution in [0.15, 0.2) is 5.18 Å². The van der Waals surface area contributed by atoms with E-state index < -0.39 is 24.0 Å². The summed E-state index contributed by atoms with van der Waals surface area (Å²) >= 11 is 0. The molecule has 0 radical (unpaired) electrons. The molecule has 0 saturated carbocycles. The largest absolute Gasteiger partial charge is 0.344 e. The molecule has 20 heavy (non-hydrogen) atoms. The Labute approximate surface area is 118 Å². The molecule has 0 spiro atoms. The lowest BCUT2D eigenvalue weighted by Crippen LogP contribution is -2.53. The fourth-order valence-corrected chi connectivity index (χ4v) is 1.39. The van der Waals surface area contributed by atoms with Gasteiger partial charge in [-0.2, -0.15) is 4.91 Å². The molecule has 0 aliphatic rings. The molecule has 0 aromatic heterocycles. The molecule has 0 rings (SSSR count). The van der Waals surface area contributed by atoms with Gasteiger partial charge in [-0.05, 0) is 34.2 Å². The van der Waals surface area contributed by atoms with Crippen LogP contribution in [0.4, 0.5) is 0 Å². The Balaban J connectivity index is 4.45. The van der Waals surface area contributed by atoms with Crippen molar-refractivity contribution >= 4 is 17.6 Å². The molecule has 0 fully saturated rings. The molecule has 3 N–H and O–H groups in total. The van der Waals surface area contributed by atoms with E-state index in [0.29, 0.717) is 0 Å². The van der Waals surface area contributed by atoms with Crippen molar-refractivity contribution in [2.45, 2.75) is 45.3 Å². The second-order valence-electron chi connectivity index (χ2n) is 4.55. The summed E-state index contributed by atoms with van der Waals surface area (Å²) in [6.45, 7) is 4.45. The second kappa shape index (κ2) is 9.13. The third kappa shape index (κ3) is 6.37. The van der Waals surface area contributed by atoms with Crippen molar-refractivity contribution < 1.29 is 14.4 Å². The van der Waals surface area contributed by atoms with Gasteiger partial charge >= 0.3 is 0 Å². The number of likely N-dealkylation sites (N-methyl/N-ethyl adjacent to an activating group) is 1. The monoisotopic (exact) mass is 286 g/mol. The van der Waals surface area contributed by atoms with E-state index in [1.807, 2.05) is 0 Å². The predicted octanol–water partition coefficient (Wildman–Crippen LogP) is -0.671. The number of ketones is 1. The number of nitrogens with zero attached hydrogens (tertiary/aromatic N) is 1. The highest BCUT2D eigenvalue weighted by molar-refractivity contribution is 5.92. The fourth-order valence-electron chi connectivity index (χ4n) is 1.39. The minimum absolute atomic E-state index is 0.0535. The quantitative estimate of drug-likeness (QED) is 0.486. The van der Waals surface area contributed by atoms with Gasteiger partial charge in [0.15, 0.2) is 5.78 Å². The van der Waals surface area contributed by atoms with Crippen LogP contribution in [-0.2, 0) is 14.4 Å². The minimum Gasteiger partial charge on any atom is -0.344 e. The zero-order chi connectivity index (χ0) is 15.7. The Morgan fingerprint density at radius 2 is 1.60 bits per heavy atom. The number of hydrogen-bond donors (Lipinski definition) is 3. The van der Waals surface area contributed by atoms with E-state index >= 15 is 0 Å². The highest BCUT2D eigenvalue weighted by atomic mass is 16.3. The van der Waals surface area contributed by atoms with Gasteiger partial charge in [-0.15, -0.1) is 0 Å². The first kappa shape index (κ1) is 18.2. The summed E-state index contributed by atoms with van der Waals surface area (Å²) in [6.07, 6.45) is 0.151. The fraction of sp³-hybridized carbons (Fsp3) is 0.750. The van der Waals surface area contributed by atoms with Gasteiger partial charge in [0.05, 0.1) is 18.6 Å². The van der Waals surface area contributed by atoms with E-state index in [-0.39, 0.29) is 24.7 Å². The molecule has 0 aliphatic heterocycles. The lowest BCUT2D eigenvalue weighted by Gasteiger charge is -2.20. The third-order valence-corrected chi connectivity index (χ3v) is 2.89. The number of nitroso groups, excluding NO2 is 1. The van der Waals surface area contributed by atoms with Crippen LogP contribution in [-0.4, -0.2) is 49.3 Å². The third-order valence-electron chi connectivity index (χ3n) is 2.89. The summed E-state index contributed by atoms with van der Waals surface area (Å²) in [5.74, 6) is -1.05. The molecule has 8 heteroatoms. The topological polar surface area (TPSA) is 117 Å². The summed E-state index contributed by atoms with van der Waals surface area (Å²) in [7, 11) is 1.63. The summed E-state index contributed by atoms with van der Waals surface area (Å²) in [5, 5.41) is 10.4. The van der Waals surface area contributed by atoms with E-state index in [1.165, 1.54) is 13.8 Å². The van der Waals surface area contributed by atoms with Crippen LogP contribution in [0, 0.1) is 4.91 Å². The summed E-state index contributed by atoms with van der Waals surface area (Å²) < 4.78 is 0. The summed E-state index contributed by atoms with van der Waals surface area (Å²) in [6, 6.07) is -1.96. The molecule has 0 saturated heterocycles. The van der Waals surface area contributed by atoms with Crippen LogP contribution in [0.3, 0.4) is 0 Å². The molecule has 0 aliphatic carbocycles. The molecular weight excluding hydrogens is 264 g/mol. The van der Waals surface area contributed by atoms with Crippen molar-refractivity contribution in [3.63, 3.8) is 0 Å². The first-order valence-electron chi connectivity index (χ1n) is 6.41. The number of Topliss-reactive ketones (excluding diaryl/α,β-unsaturated/α-hetero) is 1. The van der Waals surface area contributed by atoms with Gasteiger partial charge < -0.3 is 16.0 Å². The van der Waals surface area contributed by atoms with Crippen LogP contribution >= 0.6 is 0 Å². The van der Waals surface area contributed by atoms with Gasteiger partial charge in [0.1, 0.15) is 6.04 Å². The average Bonchev–Trinajstić information content (AvgIpc) is 2.41. The molecular formula is C12H22N4O4. The number of rotatable bonds is 9. The SMILES string of the molecule is CN[C@@H](C)C(=O)N[C@@H](C)C(=O)N[C@@H](CCN=O)C(C)=O. The van der Waals surface area contributed by atoms with Gasteiger partial charge in [-0.1, -0.05) is 5.18 Å². The van der Waals surface area contributed by atoms with Gasteiger partial charge in [0.2, 0.25) is 11.8 Å². The molecule has 0 aromatic rings. The molecule has 0 unspecified atom stereocenters. The molecule has 2 amide bonds. The van der Waals surface area contributed by atoms with Crippen molar-refractivity contribution in [1.82, 2.24) is 16.0 Å². The van der Waals surface area contributed by atoms with Crippen molar-refractivity contribution in [2.75, 3.05) is 13.6 Å². The Bertz CT molecular complexity index is 372. The average molecular weight is 286 g/mol. The zero-order valence-corrected chi connectivity index (χ0v) is 12.2. The van der Waals surface area contributed by atoms with Crippen molar-refractivity contribution in [3.8, 4) is 0 Å².